The number of benzene rings is 2. The zero-order chi connectivity index (χ0) is 15.5. The predicted octanol–water partition coefficient (Wildman–Crippen LogP) is 5.01. The van der Waals surface area contributed by atoms with E-state index < -0.39 is 0 Å². The molecule has 0 aromatic heterocycles. The molecule has 2 rings (SSSR count). The van der Waals surface area contributed by atoms with E-state index in [4.69, 9.17) is 4.74 Å². The number of carbonyl (C=O) groups excluding carboxylic acids is 1. The number of rotatable bonds is 4. The van der Waals surface area contributed by atoms with Gasteiger partial charge < -0.3 is 4.74 Å². The van der Waals surface area contributed by atoms with Crippen LogP contribution in [-0.2, 0) is 5.41 Å². The van der Waals surface area contributed by atoms with Gasteiger partial charge in [0.1, 0.15) is 5.75 Å². The Morgan fingerprint density at radius 2 is 1.81 bits per heavy atom. The van der Waals surface area contributed by atoms with Crippen LogP contribution < -0.4 is 4.74 Å². The van der Waals surface area contributed by atoms with Gasteiger partial charge in [0.05, 0.1) is 0 Å². The second-order valence-electron chi connectivity index (χ2n) is 5.97. The van der Waals surface area contributed by atoms with E-state index in [1.807, 2.05) is 36.4 Å². The first kappa shape index (κ1) is 15.8. The maximum Gasteiger partial charge on any atom is 0.201 e. The fraction of sp³-hybridized carbons (Fsp3) is 0.278. The molecule has 2 nitrogen and oxygen atoms in total. The molecule has 0 heterocycles. The molecular formula is C18H19BrO2. The lowest BCUT2D eigenvalue weighted by molar-refractivity contribution is 0.0920. The average Bonchev–Trinajstić information content (AvgIpc) is 2.45. The van der Waals surface area contributed by atoms with Gasteiger partial charge in [-0.3, -0.25) is 4.79 Å². The van der Waals surface area contributed by atoms with Crippen molar-refractivity contribution in [3.63, 3.8) is 0 Å². The summed E-state index contributed by atoms with van der Waals surface area (Å²) in [5, 5.41) is 0. The van der Waals surface area contributed by atoms with E-state index in [2.05, 4.69) is 42.8 Å². The van der Waals surface area contributed by atoms with Gasteiger partial charge in [0.25, 0.3) is 0 Å². The Bertz CT molecular complexity index is 642. The third-order valence-corrected chi connectivity index (χ3v) is 3.94. The van der Waals surface area contributed by atoms with Gasteiger partial charge in [0.15, 0.2) is 6.61 Å². The number of Topliss-reactive ketones (excluding diaryl/α,β-unsaturated/α-hetero) is 1. The Morgan fingerprint density at radius 3 is 2.48 bits per heavy atom. The first-order chi connectivity index (χ1) is 9.88. The molecular weight excluding hydrogens is 328 g/mol. The lowest BCUT2D eigenvalue weighted by Crippen LogP contribution is -2.14. The summed E-state index contributed by atoms with van der Waals surface area (Å²) >= 11 is 3.38. The van der Waals surface area contributed by atoms with Crippen LogP contribution in [0.3, 0.4) is 0 Å². The minimum Gasteiger partial charge on any atom is -0.485 e. The normalized spacial score (nSPS) is 11.2. The Labute approximate surface area is 134 Å². The molecule has 0 aliphatic carbocycles. The van der Waals surface area contributed by atoms with Gasteiger partial charge in [-0.15, -0.1) is 0 Å². The molecule has 0 unspecified atom stereocenters. The van der Waals surface area contributed by atoms with Gasteiger partial charge in [-0.25, -0.2) is 0 Å². The highest BCUT2D eigenvalue weighted by Gasteiger charge is 2.15. The summed E-state index contributed by atoms with van der Waals surface area (Å²) < 4.78 is 6.44. The van der Waals surface area contributed by atoms with E-state index in [9.17, 15) is 4.79 Å². The Kier molecular flexibility index (Phi) is 4.84. The summed E-state index contributed by atoms with van der Waals surface area (Å²) in [6.45, 7) is 6.49. The first-order valence-electron chi connectivity index (χ1n) is 6.89. The van der Waals surface area contributed by atoms with Crippen LogP contribution in [0.15, 0.2) is 53.0 Å². The molecule has 3 heteroatoms. The second-order valence-corrected chi connectivity index (χ2v) is 6.82. The van der Waals surface area contributed by atoms with Crippen molar-refractivity contribution in [2.24, 2.45) is 0 Å². The van der Waals surface area contributed by atoms with Crippen LogP contribution in [0.4, 0.5) is 0 Å². The summed E-state index contributed by atoms with van der Waals surface area (Å²) in [5.74, 6) is 0.687. The van der Waals surface area contributed by atoms with E-state index in [1.165, 1.54) is 5.56 Å². The lowest BCUT2D eigenvalue weighted by atomic mass is 9.87. The maximum atomic E-state index is 12.2. The highest BCUT2D eigenvalue weighted by Crippen LogP contribution is 2.25. The molecule has 0 spiro atoms. The number of carbonyl (C=O) groups is 1. The highest BCUT2D eigenvalue weighted by molar-refractivity contribution is 9.10. The van der Waals surface area contributed by atoms with E-state index in [0.717, 1.165) is 10.2 Å². The molecule has 0 fully saturated rings. The Balaban J connectivity index is 2.07. The predicted molar refractivity (Wildman–Crippen MR) is 89.1 cm³/mol. The van der Waals surface area contributed by atoms with Crippen molar-refractivity contribution in [1.29, 1.82) is 0 Å². The molecule has 2 aromatic rings. The lowest BCUT2D eigenvalue weighted by Gasteiger charge is -2.19. The van der Waals surface area contributed by atoms with Crippen molar-refractivity contribution >= 4 is 21.7 Å². The Hall–Kier alpha value is -1.61. The van der Waals surface area contributed by atoms with E-state index >= 15 is 0 Å². The summed E-state index contributed by atoms with van der Waals surface area (Å²) in [4.78, 5) is 12.2. The minimum atomic E-state index is -0.0383. The van der Waals surface area contributed by atoms with E-state index in [0.29, 0.717) is 5.56 Å². The van der Waals surface area contributed by atoms with E-state index in [1.54, 1.807) is 6.07 Å². The SMILES string of the molecule is CC(C)(C)c1cccc(OCC(=O)c2ccccc2Br)c1. The van der Waals surface area contributed by atoms with Crippen LogP contribution in [0.2, 0.25) is 0 Å². The zero-order valence-electron chi connectivity index (χ0n) is 12.5. The molecule has 21 heavy (non-hydrogen) atoms. The number of halogens is 1. The molecule has 0 aliphatic heterocycles. The number of ether oxygens (including phenoxy) is 1. The molecule has 2 aromatic carbocycles. The summed E-state index contributed by atoms with van der Waals surface area (Å²) in [5.41, 5.74) is 1.89. The van der Waals surface area contributed by atoms with Gasteiger partial charge in [-0.05, 0) is 29.2 Å². The van der Waals surface area contributed by atoms with Crippen LogP contribution in [0.1, 0.15) is 36.7 Å². The molecule has 0 atom stereocenters. The van der Waals surface area contributed by atoms with Crippen LogP contribution in [0.25, 0.3) is 0 Å². The molecule has 0 amide bonds. The molecule has 0 radical (unpaired) electrons. The Morgan fingerprint density at radius 1 is 1.10 bits per heavy atom. The highest BCUT2D eigenvalue weighted by atomic mass is 79.9. The second kappa shape index (κ2) is 6.44. The van der Waals surface area contributed by atoms with Gasteiger partial charge >= 0.3 is 0 Å². The molecule has 0 saturated carbocycles. The van der Waals surface area contributed by atoms with Crippen LogP contribution in [-0.4, -0.2) is 12.4 Å². The van der Waals surface area contributed by atoms with Crippen LogP contribution >= 0.6 is 15.9 Å². The number of hydrogen-bond acceptors (Lipinski definition) is 2. The van der Waals surface area contributed by atoms with Crippen LogP contribution in [0.5, 0.6) is 5.75 Å². The van der Waals surface area contributed by atoms with Crippen molar-refractivity contribution in [3.8, 4) is 5.75 Å². The fourth-order valence-electron chi connectivity index (χ4n) is 1.97. The number of hydrogen-bond donors (Lipinski definition) is 0. The van der Waals surface area contributed by atoms with Crippen molar-refractivity contribution in [2.75, 3.05) is 6.61 Å². The molecule has 0 bridgehead atoms. The standard InChI is InChI=1S/C18H19BrO2/c1-18(2,3)13-7-6-8-14(11-13)21-12-17(20)15-9-4-5-10-16(15)19/h4-11H,12H2,1-3H3. The van der Waals surface area contributed by atoms with E-state index in [-0.39, 0.29) is 17.8 Å². The van der Waals surface area contributed by atoms with Gasteiger partial charge in [0.2, 0.25) is 5.78 Å². The zero-order valence-corrected chi connectivity index (χ0v) is 14.1. The molecule has 0 N–H and O–H groups in total. The third kappa shape index (κ3) is 4.18. The largest absolute Gasteiger partial charge is 0.485 e. The first-order valence-corrected chi connectivity index (χ1v) is 7.68. The smallest absolute Gasteiger partial charge is 0.201 e. The summed E-state index contributed by atoms with van der Waals surface area (Å²) in [6, 6.07) is 15.3. The maximum absolute atomic E-state index is 12.2. The quantitative estimate of drug-likeness (QED) is 0.727. The summed E-state index contributed by atoms with van der Waals surface area (Å²) in [6.07, 6.45) is 0. The van der Waals surface area contributed by atoms with Gasteiger partial charge in [0, 0.05) is 10.0 Å². The third-order valence-electron chi connectivity index (χ3n) is 3.24. The summed E-state index contributed by atoms with van der Waals surface area (Å²) in [7, 11) is 0. The van der Waals surface area contributed by atoms with Crippen LogP contribution in [0, 0.1) is 0 Å². The molecule has 0 saturated heterocycles. The van der Waals surface area contributed by atoms with Crippen molar-refractivity contribution in [1.82, 2.24) is 0 Å². The van der Waals surface area contributed by atoms with Crippen molar-refractivity contribution in [3.05, 3.63) is 64.1 Å². The number of ketones is 1. The van der Waals surface area contributed by atoms with Gasteiger partial charge in [-0.2, -0.15) is 0 Å². The fourth-order valence-corrected chi connectivity index (χ4v) is 2.47. The monoisotopic (exact) mass is 346 g/mol. The average molecular weight is 347 g/mol. The topological polar surface area (TPSA) is 26.3 Å². The van der Waals surface area contributed by atoms with Crippen molar-refractivity contribution < 1.29 is 9.53 Å². The van der Waals surface area contributed by atoms with Crippen molar-refractivity contribution in [2.45, 2.75) is 26.2 Å². The molecule has 110 valence electrons. The van der Waals surface area contributed by atoms with Gasteiger partial charge in [-0.1, -0.05) is 67.0 Å². The molecule has 0 aliphatic rings. The minimum absolute atomic E-state index is 0.0379.